The number of aliphatic hydroxyl groups excluding tert-OH is 1. The van der Waals surface area contributed by atoms with Gasteiger partial charge >= 0.3 is 0 Å². The molecule has 0 spiro atoms. The lowest BCUT2D eigenvalue weighted by molar-refractivity contribution is -0.142. The normalized spacial score (nSPS) is 26.6. The Bertz CT molecular complexity index is 892. The molecule has 0 aliphatic carbocycles. The molecule has 0 radical (unpaired) electrons. The van der Waals surface area contributed by atoms with Crippen molar-refractivity contribution in [1.82, 2.24) is 10.2 Å². The summed E-state index contributed by atoms with van der Waals surface area (Å²) in [7, 11) is 3.23. The minimum absolute atomic E-state index is 0.177. The quantitative estimate of drug-likeness (QED) is 0.636. The predicted octanol–water partition coefficient (Wildman–Crippen LogP) is 1.58. The third-order valence-electron chi connectivity index (χ3n) is 4.78. The van der Waals surface area contributed by atoms with Crippen LogP contribution in [0, 0.1) is 17.7 Å². The zero-order valence-corrected chi connectivity index (χ0v) is 16.9. The number of piperidine rings is 1. The van der Waals surface area contributed by atoms with Crippen molar-refractivity contribution in [3.63, 3.8) is 0 Å². The first-order valence-corrected chi connectivity index (χ1v) is 9.71. The van der Waals surface area contributed by atoms with Crippen LogP contribution in [0.15, 0.2) is 28.7 Å². The highest BCUT2D eigenvalue weighted by atomic mass is 35.5. The second-order valence-corrected chi connectivity index (χ2v) is 8.43. The largest absolute Gasteiger partial charge is 0.391 e. The molecule has 2 aliphatic rings. The van der Waals surface area contributed by atoms with Crippen LogP contribution >= 0.6 is 23.4 Å². The van der Waals surface area contributed by atoms with E-state index in [1.807, 2.05) is 0 Å². The van der Waals surface area contributed by atoms with Crippen LogP contribution in [0.4, 0.5) is 10.1 Å². The Kier molecular flexibility index (Phi) is 5.69. The number of likely N-dealkylation sites (N-methyl/N-ethyl adjacent to an activating group) is 1. The number of carbonyl (C=O) groups excluding carboxylic acids is 3. The number of aliphatic hydroxyl groups is 1. The number of rotatable bonds is 3. The van der Waals surface area contributed by atoms with E-state index < -0.39 is 40.9 Å². The van der Waals surface area contributed by atoms with Gasteiger partial charge in [0.15, 0.2) is 0 Å². The molecule has 28 heavy (non-hydrogen) atoms. The van der Waals surface area contributed by atoms with E-state index in [1.165, 1.54) is 28.8 Å². The Morgan fingerprint density at radius 3 is 2.64 bits per heavy atom. The number of amides is 3. The number of hydrogen-bond donors (Lipinski definition) is 3. The summed E-state index contributed by atoms with van der Waals surface area (Å²) in [5.74, 6) is -4.20. The maximum atomic E-state index is 13.3. The maximum Gasteiger partial charge on any atom is 0.259 e. The second-order valence-electron chi connectivity index (χ2n) is 6.87. The van der Waals surface area contributed by atoms with Gasteiger partial charge in [0.25, 0.3) is 5.91 Å². The van der Waals surface area contributed by atoms with Crippen LogP contribution in [0.25, 0.3) is 0 Å². The van der Waals surface area contributed by atoms with Crippen molar-refractivity contribution in [1.29, 1.82) is 0 Å². The number of nitrogens with zero attached hydrogens (tertiary/aromatic N) is 1. The molecule has 10 heteroatoms. The predicted molar refractivity (Wildman–Crippen MR) is 104 cm³/mol. The number of hydrogen-bond acceptors (Lipinski definition) is 5. The molecule has 3 amide bonds. The Morgan fingerprint density at radius 2 is 2.04 bits per heavy atom. The molecule has 1 fully saturated rings. The molecular weight excluding hydrogens is 409 g/mol. The van der Waals surface area contributed by atoms with Gasteiger partial charge in [-0.1, -0.05) is 23.4 Å². The third-order valence-corrected chi connectivity index (χ3v) is 6.46. The molecule has 0 bridgehead atoms. The molecule has 2 heterocycles. The SMILES string of the molecule is CC1=C(C(=O)N(C)C)SC2NC(=O)C(C(=O)Nc3ccc(F)c(Cl)c3)C(O)C12. The molecule has 4 unspecified atom stereocenters. The highest BCUT2D eigenvalue weighted by Gasteiger charge is 2.52. The number of thioether (sulfide) groups is 1. The van der Waals surface area contributed by atoms with Gasteiger partial charge in [0.1, 0.15) is 11.7 Å². The maximum absolute atomic E-state index is 13.3. The van der Waals surface area contributed by atoms with E-state index >= 15 is 0 Å². The fraction of sp³-hybridized carbons (Fsp3) is 0.389. The number of nitrogens with one attached hydrogen (secondary N) is 2. The Balaban J connectivity index is 1.83. The van der Waals surface area contributed by atoms with Gasteiger partial charge in [-0.15, -0.1) is 0 Å². The van der Waals surface area contributed by atoms with E-state index in [1.54, 1.807) is 21.0 Å². The lowest BCUT2D eigenvalue weighted by atomic mass is 9.81. The van der Waals surface area contributed by atoms with Crippen LogP contribution in [0.5, 0.6) is 0 Å². The first-order chi connectivity index (χ1) is 13.1. The van der Waals surface area contributed by atoms with E-state index in [2.05, 4.69) is 10.6 Å². The highest BCUT2D eigenvalue weighted by Crippen LogP contribution is 2.46. The van der Waals surface area contributed by atoms with E-state index in [0.29, 0.717) is 10.5 Å². The zero-order valence-electron chi connectivity index (χ0n) is 15.3. The summed E-state index contributed by atoms with van der Waals surface area (Å²) in [6.07, 6.45) is -1.31. The van der Waals surface area contributed by atoms with Gasteiger partial charge in [-0.25, -0.2) is 4.39 Å². The van der Waals surface area contributed by atoms with Crippen molar-refractivity contribution in [2.45, 2.75) is 18.4 Å². The molecule has 1 aromatic rings. The van der Waals surface area contributed by atoms with Gasteiger partial charge in [0, 0.05) is 25.7 Å². The van der Waals surface area contributed by atoms with Gasteiger partial charge in [-0.2, -0.15) is 0 Å². The van der Waals surface area contributed by atoms with Crippen LogP contribution in [-0.4, -0.2) is 53.3 Å². The van der Waals surface area contributed by atoms with Crippen LogP contribution in [0.3, 0.4) is 0 Å². The number of halogens is 2. The summed E-state index contributed by atoms with van der Waals surface area (Å²) in [6, 6.07) is 3.61. The summed E-state index contributed by atoms with van der Waals surface area (Å²) in [6.45, 7) is 1.71. The molecule has 3 N–H and O–H groups in total. The molecular formula is C18H19ClFN3O4S. The van der Waals surface area contributed by atoms with Crippen molar-refractivity contribution in [3.8, 4) is 0 Å². The Morgan fingerprint density at radius 1 is 1.36 bits per heavy atom. The second kappa shape index (κ2) is 7.73. The fourth-order valence-corrected chi connectivity index (χ4v) is 5.04. The topological polar surface area (TPSA) is 98.7 Å². The first-order valence-electron chi connectivity index (χ1n) is 8.45. The van der Waals surface area contributed by atoms with E-state index in [4.69, 9.17) is 11.6 Å². The fourth-order valence-electron chi connectivity index (χ4n) is 3.31. The van der Waals surface area contributed by atoms with Crippen molar-refractivity contribution < 1.29 is 23.9 Å². The number of anilines is 1. The van der Waals surface area contributed by atoms with Gasteiger partial charge in [0.2, 0.25) is 11.8 Å². The van der Waals surface area contributed by atoms with Crippen molar-refractivity contribution in [2.75, 3.05) is 19.4 Å². The lowest BCUT2D eigenvalue weighted by Gasteiger charge is -2.36. The molecule has 0 aromatic heterocycles. The lowest BCUT2D eigenvalue weighted by Crippen LogP contribution is -2.58. The molecule has 2 aliphatic heterocycles. The van der Waals surface area contributed by atoms with Gasteiger partial charge in [-0.3, -0.25) is 14.4 Å². The minimum atomic E-state index is -1.38. The van der Waals surface area contributed by atoms with E-state index in [-0.39, 0.29) is 16.6 Å². The van der Waals surface area contributed by atoms with Crippen molar-refractivity contribution >= 4 is 46.8 Å². The van der Waals surface area contributed by atoms with E-state index in [9.17, 15) is 23.9 Å². The smallest absolute Gasteiger partial charge is 0.259 e. The average Bonchev–Trinajstić information content (AvgIpc) is 2.93. The van der Waals surface area contributed by atoms with Crippen molar-refractivity contribution in [3.05, 3.63) is 39.5 Å². The molecule has 1 aromatic carbocycles. The van der Waals surface area contributed by atoms with Crippen LogP contribution in [0.1, 0.15) is 6.92 Å². The Hall–Kier alpha value is -2.10. The van der Waals surface area contributed by atoms with Crippen LogP contribution in [-0.2, 0) is 14.4 Å². The minimum Gasteiger partial charge on any atom is -0.391 e. The number of carbonyl (C=O) groups is 3. The van der Waals surface area contributed by atoms with Gasteiger partial charge in [0.05, 0.1) is 21.4 Å². The monoisotopic (exact) mass is 427 g/mol. The van der Waals surface area contributed by atoms with Crippen molar-refractivity contribution in [2.24, 2.45) is 11.8 Å². The standard InChI is InChI=1S/C18H19ClFN3O4S/c1-7-11-13(24)12(15(25)21-8-4-5-10(20)9(19)6-8)16(26)22-17(11)28-14(7)18(27)23(2)3/h4-6,11-13,17,24H,1-3H3,(H,21,25)(H,22,26). The molecule has 150 valence electrons. The molecule has 4 atom stereocenters. The molecule has 3 rings (SSSR count). The summed E-state index contributed by atoms with van der Waals surface area (Å²) >= 11 is 6.88. The summed E-state index contributed by atoms with van der Waals surface area (Å²) in [4.78, 5) is 39.3. The number of fused-ring (bicyclic) bond motifs is 1. The summed E-state index contributed by atoms with van der Waals surface area (Å²) in [5, 5.41) is 15.3. The summed E-state index contributed by atoms with van der Waals surface area (Å²) in [5.41, 5.74) is 0.832. The summed E-state index contributed by atoms with van der Waals surface area (Å²) < 4.78 is 13.3. The van der Waals surface area contributed by atoms with E-state index in [0.717, 1.165) is 6.07 Å². The van der Waals surface area contributed by atoms with Crippen LogP contribution in [0.2, 0.25) is 5.02 Å². The average molecular weight is 428 g/mol. The van der Waals surface area contributed by atoms with Gasteiger partial charge < -0.3 is 20.6 Å². The highest BCUT2D eigenvalue weighted by molar-refractivity contribution is 8.04. The Labute approximate surface area is 170 Å². The van der Waals surface area contributed by atoms with Gasteiger partial charge in [-0.05, 0) is 30.7 Å². The third kappa shape index (κ3) is 3.61. The zero-order chi connectivity index (χ0) is 20.7. The first kappa shape index (κ1) is 20.6. The van der Waals surface area contributed by atoms with Crippen LogP contribution < -0.4 is 10.6 Å². The molecule has 7 nitrogen and oxygen atoms in total. The molecule has 1 saturated heterocycles. The molecule has 0 saturated carbocycles. The number of benzene rings is 1.